The molecule has 0 spiro atoms. The number of halogens is 1. The van der Waals surface area contributed by atoms with Crippen molar-refractivity contribution in [3.63, 3.8) is 0 Å². The second kappa shape index (κ2) is 3.79. The summed E-state index contributed by atoms with van der Waals surface area (Å²) in [5.74, 6) is 3.37. The fraction of sp³-hybridized carbons (Fsp3) is 1.00. The lowest BCUT2D eigenvalue weighted by Gasteiger charge is -2.16. The summed E-state index contributed by atoms with van der Waals surface area (Å²) in [5.41, 5.74) is 1.000. The van der Waals surface area contributed by atoms with E-state index in [9.17, 15) is 0 Å². The first-order chi connectivity index (χ1) is 5.58. The first kappa shape index (κ1) is 10.7. The molecule has 1 aliphatic rings. The zero-order valence-corrected chi connectivity index (χ0v) is 9.89. The predicted molar refractivity (Wildman–Crippen MR) is 59.2 cm³/mol. The van der Waals surface area contributed by atoms with Crippen molar-refractivity contribution in [2.24, 2.45) is 10.8 Å². The van der Waals surface area contributed by atoms with Crippen molar-refractivity contribution in [1.29, 1.82) is 0 Å². The Morgan fingerprint density at radius 2 is 2.00 bits per heavy atom. The molecule has 1 unspecified atom stereocenters. The molecule has 0 saturated heterocycles. The summed E-state index contributed by atoms with van der Waals surface area (Å²) in [5, 5.41) is 0. The molecule has 0 aromatic carbocycles. The highest BCUT2D eigenvalue weighted by Crippen LogP contribution is 2.66. The topological polar surface area (TPSA) is 0 Å². The maximum absolute atomic E-state index is 6.01. The molecule has 0 radical (unpaired) electrons. The van der Waals surface area contributed by atoms with Crippen LogP contribution in [-0.2, 0) is 0 Å². The summed E-state index contributed by atoms with van der Waals surface area (Å²) < 4.78 is 0. The van der Waals surface area contributed by atoms with Gasteiger partial charge in [-0.2, -0.15) is 11.8 Å². The van der Waals surface area contributed by atoms with Gasteiger partial charge in [-0.15, -0.1) is 11.6 Å². The molecule has 0 bridgehead atoms. The molecule has 0 aromatic rings. The fourth-order valence-corrected chi connectivity index (χ4v) is 3.35. The Kier molecular flexibility index (Phi) is 3.39. The highest BCUT2D eigenvalue weighted by atomic mass is 35.5. The van der Waals surface area contributed by atoms with Crippen molar-refractivity contribution in [3.05, 3.63) is 0 Å². The molecular formula is C10H19ClS. The molecule has 0 nitrogen and oxygen atoms in total. The van der Waals surface area contributed by atoms with Crippen LogP contribution in [0.2, 0.25) is 0 Å². The third-order valence-corrected chi connectivity index (χ3v) is 4.69. The quantitative estimate of drug-likeness (QED) is 0.487. The Balaban J connectivity index is 2.30. The SMILES string of the molecule is CCSCCC1(CCl)CC1(C)C. The smallest absolute Gasteiger partial charge is 0.0285 e. The van der Waals surface area contributed by atoms with Gasteiger partial charge in [-0.25, -0.2) is 0 Å². The number of thioether (sulfide) groups is 1. The summed E-state index contributed by atoms with van der Waals surface area (Å²) in [6.45, 7) is 6.90. The minimum Gasteiger partial charge on any atom is -0.162 e. The monoisotopic (exact) mass is 206 g/mol. The summed E-state index contributed by atoms with van der Waals surface area (Å²) in [6, 6.07) is 0. The predicted octanol–water partition coefficient (Wildman–Crippen LogP) is 3.78. The van der Waals surface area contributed by atoms with Gasteiger partial charge in [-0.3, -0.25) is 0 Å². The first-order valence-electron chi connectivity index (χ1n) is 4.72. The third kappa shape index (κ3) is 1.93. The summed E-state index contributed by atoms with van der Waals surface area (Å²) >= 11 is 8.04. The standard InChI is InChI=1S/C10H19ClS/c1-4-12-6-5-10(8-11)7-9(10,2)3/h4-8H2,1-3H3. The second-order valence-electron chi connectivity index (χ2n) is 4.42. The van der Waals surface area contributed by atoms with Gasteiger partial charge in [0.2, 0.25) is 0 Å². The van der Waals surface area contributed by atoms with Gasteiger partial charge in [-0.1, -0.05) is 20.8 Å². The van der Waals surface area contributed by atoms with Crippen LogP contribution in [-0.4, -0.2) is 17.4 Å². The highest BCUT2D eigenvalue weighted by molar-refractivity contribution is 7.99. The minimum atomic E-state index is 0.483. The Morgan fingerprint density at radius 3 is 2.33 bits per heavy atom. The van der Waals surface area contributed by atoms with E-state index in [4.69, 9.17) is 11.6 Å². The van der Waals surface area contributed by atoms with E-state index in [1.54, 1.807) is 0 Å². The van der Waals surface area contributed by atoms with Gasteiger partial charge >= 0.3 is 0 Å². The molecular weight excluding hydrogens is 188 g/mol. The van der Waals surface area contributed by atoms with E-state index in [1.807, 2.05) is 11.8 Å². The van der Waals surface area contributed by atoms with E-state index in [0.717, 1.165) is 5.88 Å². The molecule has 2 heteroatoms. The Labute approximate surface area is 85.4 Å². The van der Waals surface area contributed by atoms with Crippen LogP contribution in [0.4, 0.5) is 0 Å². The van der Waals surface area contributed by atoms with Crippen LogP contribution in [0.15, 0.2) is 0 Å². The summed E-state index contributed by atoms with van der Waals surface area (Å²) in [7, 11) is 0. The van der Waals surface area contributed by atoms with Crippen molar-refractivity contribution in [1.82, 2.24) is 0 Å². The van der Waals surface area contributed by atoms with Crippen molar-refractivity contribution >= 4 is 23.4 Å². The number of hydrogen-bond acceptors (Lipinski definition) is 1. The molecule has 1 aliphatic carbocycles. The molecule has 0 N–H and O–H groups in total. The van der Waals surface area contributed by atoms with Crippen LogP contribution in [0, 0.1) is 10.8 Å². The molecule has 72 valence electrons. The zero-order chi connectivity index (χ0) is 9.24. The van der Waals surface area contributed by atoms with Crippen molar-refractivity contribution in [2.45, 2.75) is 33.6 Å². The van der Waals surface area contributed by atoms with Gasteiger partial charge in [0.15, 0.2) is 0 Å². The van der Waals surface area contributed by atoms with Crippen LogP contribution in [0.5, 0.6) is 0 Å². The lowest BCUT2D eigenvalue weighted by molar-refractivity contribution is 0.414. The molecule has 1 saturated carbocycles. The number of hydrogen-bond donors (Lipinski definition) is 0. The molecule has 0 amide bonds. The summed E-state index contributed by atoms with van der Waals surface area (Å²) in [6.07, 6.45) is 2.63. The molecule has 1 atom stereocenters. The molecule has 0 aliphatic heterocycles. The van der Waals surface area contributed by atoms with Crippen molar-refractivity contribution in [3.8, 4) is 0 Å². The van der Waals surface area contributed by atoms with Crippen LogP contribution in [0.25, 0.3) is 0 Å². The van der Waals surface area contributed by atoms with E-state index >= 15 is 0 Å². The third-order valence-electron chi connectivity index (χ3n) is 3.28. The first-order valence-corrected chi connectivity index (χ1v) is 6.41. The van der Waals surface area contributed by atoms with Crippen LogP contribution >= 0.6 is 23.4 Å². The van der Waals surface area contributed by atoms with E-state index in [2.05, 4.69) is 20.8 Å². The lowest BCUT2D eigenvalue weighted by Crippen LogP contribution is -2.12. The van der Waals surface area contributed by atoms with Gasteiger partial charge in [0.25, 0.3) is 0 Å². The van der Waals surface area contributed by atoms with Crippen LogP contribution in [0.3, 0.4) is 0 Å². The molecule has 1 fully saturated rings. The summed E-state index contributed by atoms with van der Waals surface area (Å²) in [4.78, 5) is 0. The highest BCUT2D eigenvalue weighted by Gasteiger charge is 2.59. The van der Waals surface area contributed by atoms with Gasteiger partial charge in [-0.05, 0) is 35.2 Å². The van der Waals surface area contributed by atoms with Crippen LogP contribution in [0.1, 0.15) is 33.6 Å². The lowest BCUT2D eigenvalue weighted by atomic mass is 9.95. The maximum atomic E-state index is 6.01. The Morgan fingerprint density at radius 1 is 1.42 bits per heavy atom. The minimum absolute atomic E-state index is 0.483. The van der Waals surface area contributed by atoms with E-state index in [-0.39, 0.29) is 0 Å². The Bertz CT molecular complexity index is 156. The molecule has 12 heavy (non-hydrogen) atoms. The van der Waals surface area contributed by atoms with E-state index < -0.39 is 0 Å². The van der Waals surface area contributed by atoms with Gasteiger partial charge in [0.1, 0.15) is 0 Å². The van der Waals surface area contributed by atoms with Crippen molar-refractivity contribution in [2.75, 3.05) is 17.4 Å². The molecule has 0 aromatic heterocycles. The second-order valence-corrected chi connectivity index (χ2v) is 6.08. The average Bonchev–Trinajstić information content (AvgIpc) is 2.55. The Hall–Kier alpha value is 0.640. The fourth-order valence-electron chi connectivity index (χ4n) is 1.94. The normalized spacial score (nSPS) is 32.0. The van der Waals surface area contributed by atoms with Gasteiger partial charge < -0.3 is 0 Å². The van der Waals surface area contributed by atoms with Gasteiger partial charge in [0, 0.05) is 5.88 Å². The maximum Gasteiger partial charge on any atom is 0.0285 e. The van der Waals surface area contributed by atoms with Crippen molar-refractivity contribution < 1.29 is 0 Å². The zero-order valence-electron chi connectivity index (χ0n) is 8.32. The molecule has 1 rings (SSSR count). The number of rotatable bonds is 5. The van der Waals surface area contributed by atoms with Gasteiger partial charge in [0.05, 0.1) is 0 Å². The largest absolute Gasteiger partial charge is 0.162 e. The molecule has 0 heterocycles. The number of alkyl halides is 1. The average molecular weight is 207 g/mol. The van der Waals surface area contributed by atoms with E-state index in [0.29, 0.717) is 10.8 Å². The van der Waals surface area contributed by atoms with E-state index in [1.165, 1.54) is 24.3 Å². The van der Waals surface area contributed by atoms with Crippen LogP contribution < -0.4 is 0 Å².